The maximum Gasteiger partial charge on any atom is 0.325 e. The van der Waals surface area contributed by atoms with Crippen LogP contribution in [0.25, 0.3) is 0 Å². The summed E-state index contributed by atoms with van der Waals surface area (Å²) in [6.45, 7) is 11.6. The van der Waals surface area contributed by atoms with Crippen molar-refractivity contribution < 1.29 is 18.8 Å². The zero-order chi connectivity index (χ0) is 24.6. The molecule has 4 amide bonds. The highest BCUT2D eigenvalue weighted by Crippen LogP contribution is 2.30. The van der Waals surface area contributed by atoms with Crippen LogP contribution in [0, 0.1) is 11.7 Å². The van der Waals surface area contributed by atoms with Gasteiger partial charge in [0.2, 0.25) is 5.91 Å². The zero-order valence-electron chi connectivity index (χ0n) is 20.0. The van der Waals surface area contributed by atoms with E-state index in [9.17, 15) is 18.8 Å². The number of urea groups is 1. The molecule has 0 radical (unpaired) electrons. The van der Waals surface area contributed by atoms with Gasteiger partial charge in [-0.1, -0.05) is 71.0 Å². The molecule has 1 fully saturated rings. The largest absolute Gasteiger partial charge is 0.347 e. The maximum absolute atomic E-state index is 13.3. The topological polar surface area (TPSA) is 78.5 Å². The number of rotatable bonds is 6. The summed E-state index contributed by atoms with van der Waals surface area (Å²) < 4.78 is 13.3. The van der Waals surface area contributed by atoms with Crippen molar-refractivity contribution in [3.8, 4) is 0 Å². The number of hydrogen-bond acceptors (Lipinski definition) is 3. The summed E-state index contributed by atoms with van der Waals surface area (Å²) in [5.41, 5.74) is 1.27. The summed E-state index contributed by atoms with van der Waals surface area (Å²) in [6, 6.07) is 12.6. The monoisotopic (exact) mass is 453 g/mol. The van der Waals surface area contributed by atoms with Gasteiger partial charge in [-0.2, -0.15) is 0 Å². The standard InChI is InChI=1S/C26H32FN3O3/c1-16(2)22(17-7-9-18(10-8-17)25(3,4)5)28-21(31)15-30-23(32)26(6,29-24(30)33)19-11-13-20(27)14-12-19/h7-14,16,22H,15H2,1-6H3,(H,28,31)(H,29,33). The summed E-state index contributed by atoms with van der Waals surface area (Å²) >= 11 is 0. The highest BCUT2D eigenvalue weighted by atomic mass is 19.1. The molecule has 2 aromatic rings. The van der Waals surface area contributed by atoms with E-state index in [1.807, 2.05) is 26.0 Å². The summed E-state index contributed by atoms with van der Waals surface area (Å²) in [6.07, 6.45) is 0. The van der Waals surface area contributed by atoms with Crippen LogP contribution in [0.1, 0.15) is 64.3 Å². The fraction of sp³-hybridized carbons (Fsp3) is 0.423. The predicted molar refractivity (Wildman–Crippen MR) is 125 cm³/mol. The average Bonchev–Trinajstić information content (AvgIpc) is 2.95. The van der Waals surface area contributed by atoms with Gasteiger partial charge in [0, 0.05) is 0 Å². The van der Waals surface area contributed by atoms with Crippen LogP contribution in [-0.2, 0) is 20.5 Å². The van der Waals surface area contributed by atoms with Crippen molar-refractivity contribution in [1.29, 1.82) is 0 Å². The Morgan fingerprint density at radius 3 is 2.15 bits per heavy atom. The maximum atomic E-state index is 13.3. The number of carbonyl (C=O) groups excluding carboxylic acids is 3. The van der Waals surface area contributed by atoms with Gasteiger partial charge in [-0.15, -0.1) is 0 Å². The van der Waals surface area contributed by atoms with Crippen molar-refractivity contribution in [2.75, 3.05) is 6.54 Å². The van der Waals surface area contributed by atoms with Crippen molar-refractivity contribution in [3.05, 3.63) is 71.0 Å². The summed E-state index contributed by atoms with van der Waals surface area (Å²) in [5, 5.41) is 5.61. The van der Waals surface area contributed by atoms with E-state index in [1.165, 1.54) is 29.8 Å². The van der Waals surface area contributed by atoms with Crippen LogP contribution >= 0.6 is 0 Å². The van der Waals surface area contributed by atoms with Crippen LogP contribution < -0.4 is 10.6 Å². The number of amides is 4. The lowest BCUT2D eigenvalue weighted by Gasteiger charge is -2.26. The van der Waals surface area contributed by atoms with E-state index in [0.717, 1.165) is 10.5 Å². The van der Waals surface area contributed by atoms with Crippen molar-refractivity contribution >= 4 is 17.8 Å². The molecule has 2 unspecified atom stereocenters. The SMILES string of the molecule is CC(C)C(NC(=O)CN1C(=O)NC(C)(c2ccc(F)cc2)C1=O)c1ccc(C(C)(C)C)cc1. The summed E-state index contributed by atoms with van der Waals surface area (Å²) in [5.74, 6) is -1.32. The number of benzene rings is 2. The molecule has 0 bridgehead atoms. The van der Waals surface area contributed by atoms with Gasteiger partial charge in [-0.25, -0.2) is 9.18 Å². The molecular weight excluding hydrogens is 421 g/mol. The third kappa shape index (κ3) is 5.07. The molecule has 1 aliphatic heterocycles. The van der Waals surface area contributed by atoms with Crippen LogP contribution in [0.3, 0.4) is 0 Å². The molecule has 0 spiro atoms. The Balaban J connectivity index is 1.73. The van der Waals surface area contributed by atoms with Crippen molar-refractivity contribution in [2.24, 2.45) is 5.92 Å². The first-order chi connectivity index (χ1) is 15.3. The first-order valence-corrected chi connectivity index (χ1v) is 11.1. The number of imide groups is 1. The molecule has 6 nitrogen and oxygen atoms in total. The third-order valence-corrected chi connectivity index (χ3v) is 6.12. The summed E-state index contributed by atoms with van der Waals surface area (Å²) in [7, 11) is 0. The van der Waals surface area contributed by atoms with Gasteiger partial charge < -0.3 is 10.6 Å². The molecule has 2 aromatic carbocycles. The Labute approximate surface area is 194 Å². The zero-order valence-corrected chi connectivity index (χ0v) is 20.0. The second-order valence-electron chi connectivity index (χ2n) is 10.1. The Bertz CT molecular complexity index is 1040. The Morgan fingerprint density at radius 2 is 1.64 bits per heavy atom. The molecule has 2 N–H and O–H groups in total. The molecular formula is C26H32FN3O3. The fourth-order valence-electron chi connectivity index (χ4n) is 4.01. The van der Waals surface area contributed by atoms with Crippen molar-refractivity contribution in [1.82, 2.24) is 15.5 Å². The molecule has 0 saturated carbocycles. The van der Waals surface area contributed by atoms with Crippen LogP contribution in [0.5, 0.6) is 0 Å². The molecule has 176 valence electrons. The summed E-state index contributed by atoms with van der Waals surface area (Å²) in [4.78, 5) is 39.3. The van der Waals surface area contributed by atoms with E-state index in [2.05, 4.69) is 43.5 Å². The van der Waals surface area contributed by atoms with Gasteiger partial charge in [0.1, 0.15) is 17.9 Å². The predicted octanol–water partition coefficient (Wildman–Crippen LogP) is 4.40. The Morgan fingerprint density at radius 1 is 1.06 bits per heavy atom. The lowest BCUT2D eigenvalue weighted by molar-refractivity contribution is -0.135. The van der Waals surface area contributed by atoms with Crippen LogP contribution in [0.15, 0.2) is 48.5 Å². The van der Waals surface area contributed by atoms with Crippen LogP contribution in [-0.4, -0.2) is 29.3 Å². The normalized spacial score (nSPS) is 19.6. The average molecular weight is 454 g/mol. The third-order valence-electron chi connectivity index (χ3n) is 6.12. The van der Waals surface area contributed by atoms with E-state index in [-0.39, 0.29) is 17.4 Å². The van der Waals surface area contributed by atoms with E-state index < -0.39 is 35.7 Å². The lowest BCUT2D eigenvalue weighted by Crippen LogP contribution is -2.44. The highest BCUT2D eigenvalue weighted by Gasteiger charge is 2.49. The number of hydrogen-bond donors (Lipinski definition) is 2. The molecule has 1 heterocycles. The van der Waals surface area contributed by atoms with Crippen LogP contribution in [0.2, 0.25) is 0 Å². The molecule has 0 aliphatic carbocycles. The number of nitrogens with zero attached hydrogens (tertiary/aromatic N) is 1. The minimum absolute atomic E-state index is 0.0236. The first-order valence-electron chi connectivity index (χ1n) is 11.1. The molecule has 0 aromatic heterocycles. The van der Waals surface area contributed by atoms with Crippen molar-refractivity contribution in [2.45, 2.75) is 58.5 Å². The first kappa shape index (κ1) is 24.4. The molecule has 1 saturated heterocycles. The van der Waals surface area contributed by atoms with Crippen LogP contribution in [0.4, 0.5) is 9.18 Å². The van der Waals surface area contributed by atoms with Gasteiger partial charge in [0.15, 0.2) is 0 Å². The molecule has 33 heavy (non-hydrogen) atoms. The van der Waals surface area contributed by atoms with Crippen molar-refractivity contribution in [3.63, 3.8) is 0 Å². The minimum atomic E-state index is -1.36. The Hall–Kier alpha value is -3.22. The van der Waals surface area contributed by atoms with Gasteiger partial charge in [0.05, 0.1) is 6.04 Å². The van der Waals surface area contributed by atoms with E-state index in [0.29, 0.717) is 5.56 Å². The second kappa shape index (κ2) is 8.96. The molecule has 7 heteroatoms. The minimum Gasteiger partial charge on any atom is -0.347 e. The smallest absolute Gasteiger partial charge is 0.325 e. The molecule has 2 atom stereocenters. The second-order valence-corrected chi connectivity index (χ2v) is 10.1. The van der Waals surface area contributed by atoms with Gasteiger partial charge in [0.25, 0.3) is 5.91 Å². The number of halogens is 1. The number of nitrogens with one attached hydrogen (secondary N) is 2. The van der Waals surface area contributed by atoms with Gasteiger partial charge in [-0.3, -0.25) is 14.5 Å². The van der Waals surface area contributed by atoms with E-state index >= 15 is 0 Å². The lowest BCUT2D eigenvalue weighted by atomic mass is 9.85. The highest BCUT2D eigenvalue weighted by molar-refractivity contribution is 6.09. The fourth-order valence-corrected chi connectivity index (χ4v) is 4.01. The van der Waals surface area contributed by atoms with Gasteiger partial charge in [-0.05, 0) is 47.1 Å². The quantitative estimate of drug-likeness (QED) is 0.636. The molecule has 1 aliphatic rings. The van der Waals surface area contributed by atoms with E-state index in [4.69, 9.17) is 0 Å². The Kier molecular flexibility index (Phi) is 6.63. The van der Waals surface area contributed by atoms with E-state index in [1.54, 1.807) is 6.92 Å². The number of carbonyl (C=O) groups is 3. The van der Waals surface area contributed by atoms with Gasteiger partial charge >= 0.3 is 6.03 Å². The molecule has 3 rings (SSSR count).